The van der Waals surface area contributed by atoms with E-state index in [1.807, 2.05) is 0 Å². The first kappa shape index (κ1) is 10.3. The Labute approximate surface area is 79.0 Å². The number of aromatic nitrogens is 1. The van der Waals surface area contributed by atoms with Crippen molar-refractivity contribution in [2.45, 2.75) is 13.3 Å². The maximum absolute atomic E-state index is 12.5. The lowest BCUT2D eigenvalue weighted by atomic mass is 10.0. The molecule has 5 heteroatoms. The lowest BCUT2D eigenvalue weighted by Crippen LogP contribution is -2.02. The molecule has 0 saturated heterocycles. The maximum atomic E-state index is 12.5. The summed E-state index contributed by atoms with van der Waals surface area (Å²) in [5, 5.41) is 8.53. The Morgan fingerprint density at radius 2 is 2.29 bits per heavy atom. The van der Waals surface area contributed by atoms with Gasteiger partial charge in [0.15, 0.2) is 12.0 Å². The first-order valence-corrected chi connectivity index (χ1v) is 3.74. The minimum Gasteiger partial charge on any atom is -0.298 e. The van der Waals surface area contributed by atoms with E-state index in [9.17, 15) is 13.6 Å². The van der Waals surface area contributed by atoms with E-state index >= 15 is 0 Å². The summed E-state index contributed by atoms with van der Waals surface area (Å²) in [5.74, 6) is 0. The minimum absolute atomic E-state index is 0.209. The van der Waals surface area contributed by atoms with E-state index in [2.05, 4.69) is 4.98 Å². The molecule has 0 aliphatic carbocycles. The SMILES string of the molecule is Cc1cnc(C#N)c(C=O)c1C(F)F. The van der Waals surface area contributed by atoms with E-state index in [4.69, 9.17) is 5.26 Å². The number of halogens is 2. The molecule has 0 unspecified atom stereocenters. The number of rotatable bonds is 2. The van der Waals surface area contributed by atoms with Gasteiger partial charge in [-0.05, 0) is 12.5 Å². The van der Waals surface area contributed by atoms with Crippen LogP contribution in [0.1, 0.15) is 33.6 Å². The van der Waals surface area contributed by atoms with Crippen LogP contribution in [0.2, 0.25) is 0 Å². The molecular formula is C9H6F2N2O. The van der Waals surface area contributed by atoms with E-state index < -0.39 is 12.0 Å². The molecule has 0 aliphatic rings. The van der Waals surface area contributed by atoms with Gasteiger partial charge in [0.25, 0.3) is 6.43 Å². The summed E-state index contributed by atoms with van der Waals surface area (Å²) in [6.45, 7) is 1.42. The van der Waals surface area contributed by atoms with Crippen molar-refractivity contribution in [3.8, 4) is 6.07 Å². The van der Waals surface area contributed by atoms with Crippen LogP contribution in [-0.4, -0.2) is 11.3 Å². The normalized spacial score (nSPS) is 9.93. The van der Waals surface area contributed by atoms with Crippen LogP contribution in [0.15, 0.2) is 6.20 Å². The van der Waals surface area contributed by atoms with Gasteiger partial charge in [-0.25, -0.2) is 13.8 Å². The van der Waals surface area contributed by atoms with Gasteiger partial charge in [0.1, 0.15) is 6.07 Å². The predicted octanol–water partition coefficient (Wildman–Crippen LogP) is 2.01. The number of carbonyl (C=O) groups excluding carboxylic acids is 1. The average Bonchev–Trinajstić information content (AvgIpc) is 2.16. The Morgan fingerprint density at radius 3 is 2.71 bits per heavy atom. The summed E-state index contributed by atoms with van der Waals surface area (Å²) in [6.07, 6.45) is -1.38. The average molecular weight is 196 g/mol. The highest BCUT2D eigenvalue weighted by molar-refractivity contribution is 5.81. The summed E-state index contributed by atoms with van der Waals surface area (Å²) in [6, 6.07) is 1.59. The van der Waals surface area contributed by atoms with Gasteiger partial charge in [0.05, 0.1) is 5.56 Å². The number of pyridine rings is 1. The van der Waals surface area contributed by atoms with Gasteiger partial charge in [-0.15, -0.1) is 0 Å². The Hall–Kier alpha value is -1.83. The van der Waals surface area contributed by atoms with Crippen LogP contribution in [0.5, 0.6) is 0 Å². The quantitative estimate of drug-likeness (QED) is 0.680. The standard InChI is InChI=1S/C9H6F2N2O/c1-5-3-13-7(2-12)6(4-14)8(5)9(10)11/h3-4,9H,1H3. The lowest BCUT2D eigenvalue weighted by molar-refractivity contribution is 0.110. The topological polar surface area (TPSA) is 53.8 Å². The van der Waals surface area contributed by atoms with Crippen LogP contribution < -0.4 is 0 Å². The number of hydrogen-bond donors (Lipinski definition) is 0. The highest BCUT2D eigenvalue weighted by Gasteiger charge is 2.19. The summed E-state index contributed by atoms with van der Waals surface area (Å²) in [7, 11) is 0. The van der Waals surface area contributed by atoms with Crippen molar-refractivity contribution in [3.63, 3.8) is 0 Å². The van der Waals surface area contributed by atoms with E-state index in [-0.39, 0.29) is 23.1 Å². The fourth-order valence-electron chi connectivity index (χ4n) is 1.14. The fourth-order valence-corrected chi connectivity index (χ4v) is 1.14. The third kappa shape index (κ3) is 1.59. The number of aryl methyl sites for hydroxylation is 1. The van der Waals surface area contributed by atoms with Crippen LogP contribution in [0.25, 0.3) is 0 Å². The molecule has 0 atom stereocenters. The molecule has 0 aliphatic heterocycles. The van der Waals surface area contributed by atoms with Crippen LogP contribution in [0.4, 0.5) is 8.78 Å². The van der Waals surface area contributed by atoms with Crippen molar-refractivity contribution in [3.05, 3.63) is 28.6 Å². The highest BCUT2D eigenvalue weighted by atomic mass is 19.3. The number of nitrogens with zero attached hydrogens (tertiary/aromatic N) is 2. The summed E-state index contributed by atoms with van der Waals surface area (Å²) >= 11 is 0. The van der Waals surface area contributed by atoms with Crippen molar-refractivity contribution < 1.29 is 13.6 Å². The van der Waals surface area contributed by atoms with Crippen LogP contribution in [0.3, 0.4) is 0 Å². The van der Waals surface area contributed by atoms with Crippen LogP contribution >= 0.6 is 0 Å². The summed E-state index contributed by atoms with van der Waals surface area (Å²) < 4.78 is 25.0. The van der Waals surface area contributed by atoms with E-state index in [0.717, 1.165) is 6.20 Å². The Kier molecular flexibility index (Phi) is 2.87. The first-order valence-electron chi connectivity index (χ1n) is 3.74. The molecule has 72 valence electrons. The van der Waals surface area contributed by atoms with Gasteiger partial charge in [-0.3, -0.25) is 4.79 Å². The minimum atomic E-state index is -2.77. The molecule has 0 fully saturated rings. The van der Waals surface area contributed by atoms with E-state index in [1.165, 1.54) is 6.92 Å². The number of aldehydes is 1. The van der Waals surface area contributed by atoms with Crippen molar-refractivity contribution in [1.29, 1.82) is 5.26 Å². The van der Waals surface area contributed by atoms with Gasteiger partial charge in [-0.2, -0.15) is 5.26 Å². The molecule has 14 heavy (non-hydrogen) atoms. The lowest BCUT2D eigenvalue weighted by Gasteiger charge is -2.07. The van der Waals surface area contributed by atoms with Gasteiger partial charge in [0, 0.05) is 11.8 Å². The molecule has 1 rings (SSSR count). The molecule has 0 spiro atoms. The van der Waals surface area contributed by atoms with Crippen molar-refractivity contribution in [1.82, 2.24) is 4.98 Å². The smallest absolute Gasteiger partial charge is 0.264 e. The molecule has 0 N–H and O–H groups in total. The second kappa shape index (κ2) is 3.92. The molecule has 1 aromatic rings. The number of nitriles is 1. The molecule has 1 aromatic heterocycles. The molecule has 3 nitrogen and oxygen atoms in total. The fraction of sp³-hybridized carbons (Fsp3) is 0.222. The monoisotopic (exact) mass is 196 g/mol. The Bertz CT molecular complexity index is 410. The van der Waals surface area contributed by atoms with Gasteiger partial charge in [-0.1, -0.05) is 0 Å². The van der Waals surface area contributed by atoms with Crippen molar-refractivity contribution >= 4 is 6.29 Å². The number of hydrogen-bond acceptors (Lipinski definition) is 3. The second-order valence-electron chi connectivity index (χ2n) is 2.65. The van der Waals surface area contributed by atoms with Crippen LogP contribution in [0, 0.1) is 18.3 Å². The third-order valence-corrected chi connectivity index (χ3v) is 1.80. The van der Waals surface area contributed by atoms with Gasteiger partial charge < -0.3 is 0 Å². The number of carbonyl (C=O) groups is 1. The zero-order valence-corrected chi connectivity index (χ0v) is 7.29. The Balaban J connectivity index is 3.52. The van der Waals surface area contributed by atoms with Crippen molar-refractivity contribution in [2.24, 2.45) is 0 Å². The number of alkyl halides is 2. The second-order valence-corrected chi connectivity index (χ2v) is 2.65. The summed E-state index contributed by atoms with van der Waals surface area (Å²) in [5.41, 5.74) is -0.781. The predicted molar refractivity (Wildman–Crippen MR) is 44.0 cm³/mol. The molecule has 1 heterocycles. The Morgan fingerprint density at radius 1 is 1.64 bits per heavy atom. The zero-order valence-electron chi connectivity index (χ0n) is 7.29. The zero-order chi connectivity index (χ0) is 10.7. The molecular weight excluding hydrogens is 190 g/mol. The molecule has 0 aromatic carbocycles. The van der Waals surface area contributed by atoms with Crippen molar-refractivity contribution in [2.75, 3.05) is 0 Å². The molecule has 0 radical (unpaired) electrons. The first-order chi connectivity index (χ1) is 6.61. The highest BCUT2D eigenvalue weighted by Crippen LogP contribution is 2.26. The molecule has 0 amide bonds. The van der Waals surface area contributed by atoms with E-state index in [0.29, 0.717) is 0 Å². The maximum Gasteiger partial charge on any atom is 0.264 e. The third-order valence-electron chi connectivity index (χ3n) is 1.80. The molecule has 0 bridgehead atoms. The van der Waals surface area contributed by atoms with E-state index in [1.54, 1.807) is 6.07 Å². The van der Waals surface area contributed by atoms with Crippen LogP contribution in [-0.2, 0) is 0 Å². The summed E-state index contributed by atoms with van der Waals surface area (Å²) in [4.78, 5) is 14.1. The van der Waals surface area contributed by atoms with Gasteiger partial charge in [0.2, 0.25) is 0 Å². The largest absolute Gasteiger partial charge is 0.298 e. The molecule has 0 saturated carbocycles. The van der Waals surface area contributed by atoms with Gasteiger partial charge >= 0.3 is 0 Å².